The lowest BCUT2D eigenvalue weighted by atomic mass is 9.84. The number of benzene rings is 2. The number of phenols is 1. The molecule has 29 heavy (non-hydrogen) atoms. The Kier molecular flexibility index (Phi) is 4.38. The number of carbonyl (C=O) groups excluding carboxylic acids is 2. The van der Waals surface area contributed by atoms with E-state index in [-0.39, 0.29) is 40.4 Å². The molecule has 0 unspecified atom stereocenters. The SMILES string of the molecule is COc1ccc2cc([C@H]3CC(=O)Oc4ccc(C(C)=O)c(O)c43)c(=O)n(C)c2c1. The van der Waals surface area contributed by atoms with E-state index in [4.69, 9.17) is 9.47 Å². The largest absolute Gasteiger partial charge is 0.507 e. The minimum Gasteiger partial charge on any atom is -0.507 e. The third kappa shape index (κ3) is 2.95. The Labute approximate surface area is 166 Å². The highest BCUT2D eigenvalue weighted by Gasteiger charge is 2.34. The van der Waals surface area contributed by atoms with Crippen LogP contribution in [0.1, 0.15) is 40.7 Å². The highest BCUT2D eigenvalue weighted by Crippen LogP contribution is 2.44. The van der Waals surface area contributed by atoms with Gasteiger partial charge in [0.2, 0.25) is 0 Å². The van der Waals surface area contributed by atoms with Gasteiger partial charge in [-0.05, 0) is 42.6 Å². The van der Waals surface area contributed by atoms with Crippen LogP contribution in [-0.4, -0.2) is 28.5 Å². The van der Waals surface area contributed by atoms with Crippen LogP contribution in [0.3, 0.4) is 0 Å². The highest BCUT2D eigenvalue weighted by atomic mass is 16.5. The minimum absolute atomic E-state index is 0.112. The molecule has 0 saturated heterocycles. The van der Waals surface area contributed by atoms with E-state index >= 15 is 0 Å². The first-order chi connectivity index (χ1) is 13.8. The molecule has 0 fully saturated rings. The summed E-state index contributed by atoms with van der Waals surface area (Å²) in [7, 11) is 3.19. The van der Waals surface area contributed by atoms with Gasteiger partial charge in [-0.1, -0.05) is 0 Å². The fourth-order valence-corrected chi connectivity index (χ4v) is 3.84. The Morgan fingerprint density at radius 2 is 1.97 bits per heavy atom. The number of pyridine rings is 1. The summed E-state index contributed by atoms with van der Waals surface area (Å²) in [6.45, 7) is 1.34. The molecule has 2 heterocycles. The molecular weight excluding hydrogens is 374 g/mol. The Balaban J connectivity index is 1.99. The molecule has 0 saturated carbocycles. The normalized spacial score (nSPS) is 15.7. The highest BCUT2D eigenvalue weighted by molar-refractivity contribution is 5.98. The maximum atomic E-state index is 13.1. The first-order valence-corrected chi connectivity index (χ1v) is 9.07. The number of Topliss-reactive ketones (excluding diaryl/α,β-unsaturated/α-hetero) is 1. The summed E-state index contributed by atoms with van der Waals surface area (Å²) in [6, 6.07) is 9.97. The van der Waals surface area contributed by atoms with Gasteiger partial charge < -0.3 is 19.1 Å². The van der Waals surface area contributed by atoms with Crippen molar-refractivity contribution in [3.63, 3.8) is 0 Å². The number of fused-ring (bicyclic) bond motifs is 2. The van der Waals surface area contributed by atoms with E-state index in [1.165, 1.54) is 23.6 Å². The lowest BCUT2D eigenvalue weighted by Crippen LogP contribution is -2.29. The van der Waals surface area contributed by atoms with Crippen molar-refractivity contribution in [3.8, 4) is 17.2 Å². The average molecular weight is 393 g/mol. The topological polar surface area (TPSA) is 94.8 Å². The van der Waals surface area contributed by atoms with Crippen LogP contribution in [-0.2, 0) is 11.8 Å². The van der Waals surface area contributed by atoms with Crippen molar-refractivity contribution in [2.45, 2.75) is 19.3 Å². The van der Waals surface area contributed by atoms with E-state index in [0.717, 1.165) is 5.39 Å². The van der Waals surface area contributed by atoms with Gasteiger partial charge in [0.15, 0.2) is 5.78 Å². The molecule has 0 amide bonds. The van der Waals surface area contributed by atoms with Gasteiger partial charge in [0.25, 0.3) is 5.56 Å². The number of aromatic nitrogens is 1. The van der Waals surface area contributed by atoms with Crippen molar-refractivity contribution in [2.75, 3.05) is 7.11 Å². The van der Waals surface area contributed by atoms with E-state index in [9.17, 15) is 19.5 Å². The lowest BCUT2D eigenvalue weighted by molar-refractivity contribution is -0.135. The van der Waals surface area contributed by atoms with E-state index in [0.29, 0.717) is 16.8 Å². The zero-order chi connectivity index (χ0) is 20.9. The third-order valence-electron chi connectivity index (χ3n) is 5.34. The van der Waals surface area contributed by atoms with Crippen molar-refractivity contribution >= 4 is 22.7 Å². The van der Waals surface area contributed by atoms with E-state index < -0.39 is 11.9 Å². The standard InChI is InChI=1S/C22H19NO6/c1-11(24)14-6-7-18-20(21(14)26)15(10-19(25)29-18)16-8-12-4-5-13(28-3)9-17(12)23(2)22(16)27/h4-9,15,26H,10H2,1-3H3/t15-/m1/s1. The molecule has 7 nitrogen and oxygen atoms in total. The van der Waals surface area contributed by atoms with E-state index in [1.54, 1.807) is 32.4 Å². The van der Waals surface area contributed by atoms with Crippen molar-refractivity contribution in [1.29, 1.82) is 0 Å². The molecule has 0 aliphatic carbocycles. The number of aryl methyl sites for hydroxylation is 1. The first-order valence-electron chi connectivity index (χ1n) is 9.07. The summed E-state index contributed by atoms with van der Waals surface area (Å²) in [5.41, 5.74) is 1.12. The molecule has 0 spiro atoms. The smallest absolute Gasteiger partial charge is 0.312 e. The second-order valence-corrected chi connectivity index (χ2v) is 7.05. The predicted octanol–water partition coefficient (Wildman–Crippen LogP) is 2.90. The van der Waals surface area contributed by atoms with Gasteiger partial charge in [0.05, 0.1) is 24.6 Å². The van der Waals surface area contributed by atoms with Crippen molar-refractivity contribution in [2.24, 2.45) is 7.05 Å². The van der Waals surface area contributed by atoms with Crippen molar-refractivity contribution in [3.05, 3.63) is 63.4 Å². The van der Waals surface area contributed by atoms with E-state index in [2.05, 4.69) is 0 Å². The van der Waals surface area contributed by atoms with Gasteiger partial charge in [-0.3, -0.25) is 14.4 Å². The van der Waals surface area contributed by atoms with Gasteiger partial charge >= 0.3 is 5.97 Å². The number of methoxy groups -OCH3 is 1. The Morgan fingerprint density at radius 3 is 2.66 bits per heavy atom. The van der Waals surface area contributed by atoms with Crippen LogP contribution in [0, 0.1) is 0 Å². The first kappa shape index (κ1) is 18.7. The zero-order valence-corrected chi connectivity index (χ0v) is 16.2. The van der Waals surface area contributed by atoms with Crippen molar-refractivity contribution < 1.29 is 24.2 Å². The number of carbonyl (C=O) groups is 2. The number of aromatic hydroxyl groups is 1. The number of phenolic OH excluding ortho intramolecular Hbond substituents is 1. The molecule has 3 aromatic rings. The van der Waals surface area contributed by atoms with E-state index in [1.807, 2.05) is 6.07 Å². The third-order valence-corrected chi connectivity index (χ3v) is 5.34. The molecule has 1 atom stereocenters. The number of esters is 1. The Morgan fingerprint density at radius 1 is 1.21 bits per heavy atom. The second-order valence-electron chi connectivity index (χ2n) is 7.05. The number of hydrogen-bond donors (Lipinski definition) is 1. The monoisotopic (exact) mass is 393 g/mol. The fraction of sp³-hybridized carbons (Fsp3) is 0.227. The maximum Gasteiger partial charge on any atom is 0.312 e. The molecule has 0 radical (unpaired) electrons. The number of nitrogens with zero attached hydrogens (tertiary/aromatic N) is 1. The summed E-state index contributed by atoms with van der Waals surface area (Å²) >= 11 is 0. The summed E-state index contributed by atoms with van der Waals surface area (Å²) in [5, 5.41) is 11.5. The van der Waals surface area contributed by atoms with Crippen LogP contribution in [0.15, 0.2) is 41.2 Å². The van der Waals surface area contributed by atoms with Gasteiger partial charge in [0, 0.05) is 30.2 Å². The summed E-state index contributed by atoms with van der Waals surface area (Å²) < 4.78 is 12.0. The molecular formula is C22H19NO6. The minimum atomic E-state index is -0.726. The molecule has 4 rings (SSSR count). The van der Waals surface area contributed by atoms with Gasteiger partial charge in [-0.2, -0.15) is 0 Å². The lowest BCUT2D eigenvalue weighted by Gasteiger charge is -2.26. The fourth-order valence-electron chi connectivity index (χ4n) is 3.84. The quantitative estimate of drug-likeness (QED) is 0.418. The number of ether oxygens (including phenoxy) is 2. The molecule has 1 aliphatic rings. The molecule has 2 aromatic carbocycles. The van der Waals surface area contributed by atoms with Gasteiger partial charge in [0.1, 0.15) is 17.2 Å². The van der Waals surface area contributed by atoms with Crippen LogP contribution in [0.2, 0.25) is 0 Å². The Hall–Kier alpha value is -3.61. The van der Waals surface area contributed by atoms with Gasteiger partial charge in [-0.25, -0.2) is 0 Å². The molecule has 1 N–H and O–H groups in total. The van der Waals surface area contributed by atoms with Crippen LogP contribution in [0.4, 0.5) is 0 Å². The second kappa shape index (κ2) is 6.77. The summed E-state index contributed by atoms with van der Waals surface area (Å²) in [6.07, 6.45) is -0.112. The molecule has 148 valence electrons. The van der Waals surface area contributed by atoms with Crippen LogP contribution in [0.5, 0.6) is 17.2 Å². The number of rotatable bonds is 3. The summed E-state index contributed by atoms with van der Waals surface area (Å²) in [4.78, 5) is 37.2. The molecule has 0 bridgehead atoms. The summed E-state index contributed by atoms with van der Waals surface area (Å²) in [5.74, 6) is -1.03. The van der Waals surface area contributed by atoms with Crippen LogP contribution >= 0.6 is 0 Å². The average Bonchev–Trinajstić information content (AvgIpc) is 2.69. The Bertz CT molecular complexity index is 1240. The predicted molar refractivity (Wildman–Crippen MR) is 106 cm³/mol. The maximum absolute atomic E-state index is 13.1. The molecule has 1 aliphatic heterocycles. The van der Waals surface area contributed by atoms with Gasteiger partial charge in [-0.15, -0.1) is 0 Å². The van der Waals surface area contributed by atoms with Crippen LogP contribution in [0.25, 0.3) is 10.9 Å². The van der Waals surface area contributed by atoms with Crippen molar-refractivity contribution in [1.82, 2.24) is 4.57 Å². The van der Waals surface area contributed by atoms with Crippen LogP contribution < -0.4 is 15.0 Å². The number of hydrogen-bond acceptors (Lipinski definition) is 6. The zero-order valence-electron chi connectivity index (χ0n) is 16.2. The molecule has 1 aromatic heterocycles. The number of ketones is 1. The molecule has 7 heteroatoms.